The highest BCUT2D eigenvalue weighted by atomic mass is 16.2. The van der Waals surface area contributed by atoms with E-state index in [2.05, 4.69) is 20.8 Å². The number of urea groups is 1. The molecule has 2 heterocycles. The molecule has 1 aliphatic rings. The van der Waals surface area contributed by atoms with Crippen LogP contribution in [0.4, 0.5) is 10.5 Å². The third-order valence-corrected chi connectivity index (χ3v) is 1.38. The van der Waals surface area contributed by atoms with E-state index in [0.29, 0.717) is 6.54 Å². The summed E-state index contributed by atoms with van der Waals surface area (Å²) in [5, 5.41) is 11.7. The van der Waals surface area contributed by atoms with Gasteiger partial charge in [-0.2, -0.15) is 5.10 Å². The van der Waals surface area contributed by atoms with E-state index in [0.717, 1.165) is 11.4 Å². The second kappa shape index (κ2) is 1.73. The number of carbonyl (C=O) groups excluding carboxylic acids is 1. The molecule has 3 N–H and O–H groups in total. The molecule has 0 unspecified atom stereocenters. The second-order valence-corrected chi connectivity index (χ2v) is 2.05. The van der Waals surface area contributed by atoms with E-state index in [-0.39, 0.29) is 6.03 Å². The fraction of sp³-hybridized carbons (Fsp3) is 0.200. The molecular formula is C5H6N4O. The van der Waals surface area contributed by atoms with Gasteiger partial charge in [0, 0.05) is 6.20 Å². The minimum atomic E-state index is -0.172. The van der Waals surface area contributed by atoms with E-state index in [4.69, 9.17) is 0 Å². The zero-order valence-corrected chi connectivity index (χ0v) is 5.14. The molecule has 0 fully saturated rings. The van der Waals surface area contributed by atoms with Crippen LogP contribution in [0.2, 0.25) is 0 Å². The van der Waals surface area contributed by atoms with Gasteiger partial charge in [-0.05, 0) is 0 Å². The van der Waals surface area contributed by atoms with Gasteiger partial charge in [-0.15, -0.1) is 0 Å². The number of H-pyrrole nitrogens is 1. The van der Waals surface area contributed by atoms with Crippen LogP contribution in [-0.4, -0.2) is 16.2 Å². The van der Waals surface area contributed by atoms with Crippen LogP contribution >= 0.6 is 0 Å². The van der Waals surface area contributed by atoms with Crippen LogP contribution in [0.1, 0.15) is 5.69 Å². The fourth-order valence-corrected chi connectivity index (χ4v) is 0.892. The van der Waals surface area contributed by atoms with Crippen molar-refractivity contribution in [3.05, 3.63) is 11.9 Å². The Hall–Kier alpha value is -1.52. The highest BCUT2D eigenvalue weighted by molar-refractivity contribution is 5.91. The van der Waals surface area contributed by atoms with Gasteiger partial charge in [0.1, 0.15) is 5.69 Å². The number of hydrogen-bond acceptors (Lipinski definition) is 2. The lowest BCUT2D eigenvalue weighted by Gasteiger charge is -2.11. The number of nitrogens with one attached hydrogen (secondary N) is 3. The second-order valence-electron chi connectivity index (χ2n) is 2.05. The van der Waals surface area contributed by atoms with Crippen molar-refractivity contribution in [1.82, 2.24) is 15.5 Å². The van der Waals surface area contributed by atoms with Crippen molar-refractivity contribution in [2.45, 2.75) is 6.54 Å². The van der Waals surface area contributed by atoms with Crippen LogP contribution in [0, 0.1) is 0 Å². The molecule has 2 rings (SSSR count). The van der Waals surface area contributed by atoms with Gasteiger partial charge in [0.2, 0.25) is 0 Å². The molecule has 1 aliphatic heterocycles. The third kappa shape index (κ3) is 0.637. The van der Waals surface area contributed by atoms with E-state index >= 15 is 0 Å². The lowest BCUT2D eigenvalue weighted by Crippen LogP contribution is -2.32. The van der Waals surface area contributed by atoms with Crippen molar-refractivity contribution < 1.29 is 4.79 Å². The molecular weight excluding hydrogens is 132 g/mol. The van der Waals surface area contributed by atoms with Crippen molar-refractivity contribution in [2.24, 2.45) is 0 Å². The summed E-state index contributed by atoms with van der Waals surface area (Å²) < 4.78 is 0. The Morgan fingerprint density at radius 1 is 1.60 bits per heavy atom. The summed E-state index contributed by atoms with van der Waals surface area (Å²) in [5.74, 6) is 0. The van der Waals surface area contributed by atoms with Gasteiger partial charge >= 0.3 is 6.03 Å². The summed E-state index contributed by atoms with van der Waals surface area (Å²) in [6, 6.07) is -0.172. The van der Waals surface area contributed by atoms with Crippen molar-refractivity contribution in [3.8, 4) is 0 Å². The summed E-state index contributed by atoms with van der Waals surface area (Å²) in [7, 11) is 0. The lowest BCUT2D eigenvalue weighted by molar-refractivity contribution is 0.250. The maximum atomic E-state index is 10.7. The zero-order valence-electron chi connectivity index (χ0n) is 5.14. The highest BCUT2D eigenvalue weighted by Crippen LogP contribution is 2.13. The summed E-state index contributed by atoms with van der Waals surface area (Å²) >= 11 is 0. The minimum Gasteiger partial charge on any atom is -0.332 e. The van der Waals surface area contributed by atoms with Gasteiger partial charge in [0.25, 0.3) is 0 Å². The predicted molar refractivity (Wildman–Crippen MR) is 34.4 cm³/mol. The zero-order chi connectivity index (χ0) is 6.97. The SMILES string of the molecule is O=C1NCc2n[nH]cc2N1. The maximum absolute atomic E-state index is 10.7. The highest BCUT2D eigenvalue weighted by Gasteiger charge is 2.14. The average Bonchev–Trinajstić information content (AvgIpc) is 2.33. The largest absolute Gasteiger partial charge is 0.332 e. The quantitative estimate of drug-likeness (QED) is 0.474. The molecule has 10 heavy (non-hydrogen) atoms. The number of aromatic amines is 1. The Kier molecular flexibility index (Phi) is 0.913. The van der Waals surface area contributed by atoms with Crippen LogP contribution in [-0.2, 0) is 6.54 Å². The van der Waals surface area contributed by atoms with Crippen molar-refractivity contribution in [3.63, 3.8) is 0 Å². The lowest BCUT2D eigenvalue weighted by atomic mass is 10.3. The van der Waals surface area contributed by atoms with E-state index < -0.39 is 0 Å². The molecule has 0 spiro atoms. The van der Waals surface area contributed by atoms with Crippen LogP contribution in [0.25, 0.3) is 0 Å². The first-order valence-corrected chi connectivity index (χ1v) is 2.94. The van der Waals surface area contributed by atoms with Crippen LogP contribution < -0.4 is 10.6 Å². The van der Waals surface area contributed by atoms with Crippen LogP contribution in [0.15, 0.2) is 6.20 Å². The first-order chi connectivity index (χ1) is 4.86. The maximum Gasteiger partial charge on any atom is 0.319 e. The summed E-state index contributed by atoms with van der Waals surface area (Å²) in [5.41, 5.74) is 1.61. The molecule has 0 aliphatic carbocycles. The number of amides is 2. The minimum absolute atomic E-state index is 0.172. The summed E-state index contributed by atoms with van der Waals surface area (Å²) in [4.78, 5) is 10.7. The molecule has 1 aromatic heterocycles. The Morgan fingerprint density at radius 3 is 3.40 bits per heavy atom. The number of anilines is 1. The molecule has 0 aromatic carbocycles. The van der Waals surface area contributed by atoms with E-state index in [1.165, 1.54) is 0 Å². The molecule has 2 amide bonds. The van der Waals surface area contributed by atoms with E-state index in [1.54, 1.807) is 6.20 Å². The molecule has 0 bridgehead atoms. The third-order valence-electron chi connectivity index (χ3n) is 1.38. The Labute approximate surface area is 56.8 Å². The van der Waals surface area contributed by atoms with Gasteiger partial charge < -0.3 is 10.6 Å². The van der Waals surface area contributed by atoms with Gasteiger partial charge in [0.15, 0.2) is 0 Å². The molecule has 1 aromatic rings. The summed E-state index contributed by atoms with van der Waals surface area (Å²) in [6.45, 7) is 0.505. The van der Waals surface area contributed by atoms with Gasteiger partial charge in [-0.1, -0.05) is 0 Å². The Bertz CT molecular complexity index is 266. The van der Waals surface area contributed by atoms with Gasteiger partial charge in [-0.25, -0.2) is 4.79 Å². The molecule has 5 nitrogen and oxygen atoms in total. The number of rotatable bonds is 0. The van der Waals surface area contributed by atoms with Crippen LogP contribution in [0.5, 0.6) is 0 Å². The molecule has 52 valence electrons. The molecule has 0 radical (unpaired) electrons. The van der Waals surface area contributed by atoms with Crippen molar-refractivity contribution in [1.29, 1.82) is 0 Å². The number of hydrogen-bond donors (Lipinski definition) is 3. The average molecular weight is 138 g/mol. The number of fused-ring (bicyclic) bond motifs is 1. The first kappa shape index (κ1) is 5.28. The molecule has 5 heteroatoms. The van der Waals surface area contributed by atoms with Crippen molar-refractivity contribution >= 4 is 11.7 Å². The van der Waals surface area contributed by atoms with E-state index in [9.17, 15) is 4.79 Å². The Morgan fingerprint density at radius 2 is 2.50 bits per heavy atom. The normalized spacial score (nSPS) is 15.4. The van der Waals surface area contributed by atoms with Gasteiger partial charge in [0.05, 0.1) is 12.2 Å². The fourth-order valence-electron chi connectivity index (χ4n) is 0.892. The predicted octanol–water partition coefficient (Wildman–Crippen LogP) is 0.0448. The first-order valence-electron chi connectivity index (χ1n) is 2.94. The molecule has 0 saturated carbocycles. The van der Waals surface area contributed by atoms with Crippen molar-refractivity contribution in [2.75, 3.05) is 5.32 Å². The molecule has 0 atom stereocenters. The smallest absolute Gasteiger partial charge is 0.319 e. The van der Waals surface area contributed by atoms with E-state index in [1.807, 2.05) is 0 Å². The van der Waals surface area contributed by atoms with Crippen LogP contribution in [0.3, 0.4) is 0 Å². The number of carbonyl (C=O) groups is 1. The summed E-state index contributed by atoms with van der Waals surface area (Å²) in [6.07, 6.45) is 1.66. The van der Waals surface area contributed by atoms with Gasteiger partial charge in [-0.3, -0.25) is 5.10 Å². The number of aromatic nitrogens is 2. The Balaban J connectivity index is 2.39. The number of nitrogens with zero attached hydrogens (tertiary/aromatic N) is 1. The monoisotopic (exact) mass is 138 g/mol. The standard InChI is InChI=1S/C5H6N4O/c10-5-6-1-4-3(8-5)2-7-9-4/h2H,1H2,(H,7,9)(H2,6,8,10). The molecule has 0 saturated heterocycles. The topological polar surface area (TPSA) is 69.8 Å².